The second-order valence-corrected chi connectivity index (χ2v) is 4.10. The lowest BCUT2D eigenvalue weighted by molar-refractivity contribution is 0.0996. The molecule has 0 aliphatic heterocycles. The van der Waals surface area contributed by atoms with Gasteiger partial charge in [-0.25, -0.2) is 9.67 Å². The van der Waals surface area contributed by atoms with Crippen LogP contribution in [0.5, 0.6) is 5.88 Å². The predicted octanol–water partition coefficient (Wildman–Crippen LogP) is 0.131. The van der Waals surface area contributed by atoms with Gasteiger partial charge in [0, 0.05) is 12.3 Å². The maximum Gasteiger partial charge on any atom is 0.271 e. The Hall–Kier alpha value is -2.64. The Bertz CT molecular complexity index is 607. The van der Waals surface area contributed by atoms with E-state index < -0.39 is 5.91 Å². The van der Waals surface area contributed by atoms with E-state index in [1.807, 2.05) is 13.8 Å². The second-order valence-electron chi connectivity index (χ2n) is 4.10. The van der Waals surface area contributed by atoms with E-state index in [1.165, 1.54) is 17.1 Å². The number of rotatable bonds is 4. The quantitative estimate of drug-likeness (QED) is 0.807. The molecular weight excluding hydrogens is 248 g/mol. The van der Waals surface area contributed by atoms with Gasteiger partial charge in [0.1, 0.15) is 0 Å². The molecule has 0 radical (unpaired) electrons. The van der Waals surface area contributed by atoms with Crippen LogP contribution >= 0.6 is 0 Å². The number of nitrogens with zero attached hydrogens (tertiary/aromatic N) is 4. The zero-order chi connectivity index (χ0) is 14.0. The van der Waals surface area contributed by atoms with Crippen LogP contribution in [0, 0.1) is 0 Å². The van der Waals surface area contributed by atoms with Crippen LogP contribution in [0.15, 0.2) is 18.5 Å². The maximum absolute atomic E-state index is 11.1. The first-order chi connectivity index (χ1) is 8.97. The van der Waals surface area contributed by atoms with E-state index in [0.29, 0.717) is 5.88 Å². The Morgan fingerprint density at radius 1 is 1.47 bits per heavy atom. The molecule has 8 heteroatoms. The van der Waals surface area contributed by atoms with Crippen LogP contribution in [0.1, 0.15) is 24.3 Å². The first-order valence-electron chi connectivity index (χ1n) is 5.62. The summed E-state index contributed by atoms with van der Waals surface area (Å²) in [7, 11) is 0. The predicted molar refractivity (Wildman–Crippen MR) is 67.8 cm³/mol. The third kappa shape index (κ3) is 2.79. The average Bonchev–Trinajstić information content (AvgIpc) is 2.71. The van der Waals surface area contributed by atoms with Crippen molar-refractivity contribution in [1.29, 1.82) is 0 Å². The van der Waals surface area contributed by atoms with E-state index >= 15 is 0 Å². The zero-order valence-electron chi connectivity index (χ0n) is 10.6. The smallest absolute Gasteiger partial charge is 0.271 e. The topological polar surface area (TPSA) is 122 Å². The first-order valence-corrected chi connectivity index (χ1v) is 5.62. The number of hydrogen-bond acceptors (Lipinski definition) is 6. The van der Waals surface area contributed by atoms with Crippen LogP contribution in [-0.4, -0.2) is 31.8 Å². The molecule has 0 aliphatic carbocycles. The first kappa shape index (κ1) is 12.8. The van der Waals surface area contributed by atoms with Gasteiger partial charge in [-0.1, -0.05) is 0 Å². The monoisotopic (exact) mass is 262 g/mol. The van der Waals surface area contributed by atoms with Gasteiger partial charge in [-0.2, -0.15) is 10.1 Å². The van der Waals surface area contributed by atoms with Crippen LogP contribution in [0.25, 0.3) is 5.95 Å². The molecule has 100 valence electrons. The largest absolute Gasteiger partial charge is 0.475 e. The highest BCUT2D eigenvalue weighted by atomic mass is 16.5. The van der Waals surface area contributed by atoms with E-state index in [4.69, 9.17) is 16.2 Å². The minimum atomic E-state index is -0.703. The molecule has 2 rings (SSSR count). The van der Waals surface area contributed by atoms with Gasteiger partial charge >= 0.3 is 0 Å². The summed E-state index contributed by atoms with van der Waals surface area (Å²) in [5.74, 6) is -0.0436. The van der Waals surface area contributed by atoms with Crippen LogP contribution in [0.4, 0.5) is 5.69 Å². The molecule has 0 unspecified atom stereocenters. The van der Waals surface area contributed by atoms with E-state index in [1.54, 1.807) is 6.07 Å². The minimum Gasteiger partial charge on any atom is -0.475 e. The number of primary amides is 1. The summed E-state index contributed by atoms with van der Waals surface area (Å²) in [4.78, 5) is 19.3. The van der Waals surface area contributed by atoms with Crippen LogP contribution < -0.4 is 16.2 Å². The summed E-state index contributed by atoms with van der Waals surface area (Å²) in [5, 5.41) is 3.94. The number of aromatic nitrogens is 4. The fraction of sp³-hybridized carbons (Fsp3) is 0.273. The number of hydrogen-bond donors (Lipinski definition) is 2. The van der Waals surface area contributed by atoms with E-state index in [-0.39, 0.29) is 23.4 Å². The second kappa shape index (κ2) is 4.92. The Morgan fingerprint density at radius 3 is 2.79 bits per heavy atom. The SMILES string of the molecule is CC(C)Oc1ccnc(-n2cc(N)c(C(N)=O)n2)n1. The molecule has 0 bridgehead atoms. The molecule has 0 saturated heterocycles. The molecule has 0 fully saturated rings. The lowest BCUT2D eigenvalue weighted by Gasteiger charge is -2.08. The Labute approximate surface area is 109 Å². The highest BCUT2D eigenvalue weighted by molar-refractivity contribution is 5.95. The van der Waals surface area contributed by atoms with E-state index in [9.17, 15) is 4.79 Å². The molecular formula is C11H14N6O2. The Balaban J connectivity index is 2.36. The van der Waals surface area contributed by atoms with Gasteiger partial charge in [-0.3, -0.25) is 4.79 Å². The Morgan fingerprint density at radius 2 is 2.21 bits per heavy atom. The molecule has 4 N–H and O–H groups in total. The van der Waals surface area contributed by atoms with Gasteiger partial charge < -0.3 is 16.2 Å². The highest BCUT2D eigenvalue weighted by Crippen LogP contribution is 2.13. The van der Waals surface area contributed by atoms with Crippen LogP contribution in [0.3, 0.4) is 0 Å². The molecule has 0 aliphatic rings. The molecule has 2 aromatic heterocycles. The van der Waals surface area contributed by atoms with Crippen molar-refractivity contribution in [2.24, 2.45) is 5.73 Å². The zero-order valence-corrected chi connectivity index (χ0v) is 10.6. The standard InChI is InChI=1S/C11H14N6O2/c1-6(2)19-8-3-4-14-11(15-8)17-5-7(12)9(16-17)10(13)18/h3-6H,12H2,1-2H3,(H2,13,18). The number of ether oxygens (including phenoxy) is 1. The third-order valence-corrected chi connectivity index (χ3v) is 2.15. The van der Waals surface area contributed by atoms with Gasteiger partial charge in [0.05, 0.1) is 18.0 Å². The van der Waals surface area contributed by atoms with Crippen LogP contribution in [-0.2, 0) is 0 Å². The fourth-order valence-corrected chi connectivity index (χ4v) is 1.43. The van der Waals surface area contributed by atoms with Gasteiger partial charge in [-0.05, 0) is 13.8 Å². The summed E-state index contributed by atoms with van der Waals surface area (Å²) in [5.41, 5.74) is 10.9. The molecule has 0 atom stereocenters. The number of amides is 1. The highest BCUT2D eigenvalue weighted by Gasteiger charge is 2.14. The molecule has 0 spiro atoms. The van der Waals surface area contributed by atoms with Gasteiger partial charge in [0.25, 0.3) is 11.9 Å². The fourth-order valence-electron chi connectivity index (χ4n) is 1.43. The number of carbonyl (C=O) groups excluding carboxylic acids is 1. The lowest BCUT2D eigenvalue weighted by atomic mass is 10.4. The average molecular weight is 262 g/mol. The summed E-state index contributed by atoms with van der Waals surface area (Å²) < 4.78 is 6.73. The Kier molecular flexibility index (Phi) is 3.32. The van der Waals surface area contributed by atoms with Crippen molar-refractivity contribution < 1.29 is 9.53 Å². The third-order valence-electron chi connectivity index (χ3n) is 2.15. The molecule has 1 amide bonds. The summed E-state index contributed by atoms with van der Waals surface area (Å²) in [6, 6.07) is 1.63. The molecule has 0 aromatic carbocycles. The maximum atomic E-state index is 11.1. The normalized spacial score (nSPS) is 10.7. The number of carbonyl (C=O) groups is 1. The molecule has 2 aromatic rings. The van der Waals surface area contributed by atoms with Crippen LogP contribution in [0.2, 0.25) is 0 Å². The van der Waals surface area contributed by atoms with Crippen molar-refractivity contribution in [2.75, 3.05) is 5.73 Å². The number of nitrogens with two attached hydrogens (primary N) is 2. The number of anilines is 1. The molecule has 0 saturated carbocycles. The van der Waals surface area contributed by atoms with Gasteiger partial charge in [0.2, 0.25) is 5.88 Å². The van der Waals surface area contributed by atoms with Crippen molar-refractivity contribution in [3.8, 4) is 11.8 Å². The summed E-state index contributed by atoms with van der Waals surface area (Å²) >= 11 is 0. The van der Waals surface area contributed by atoms with Crippen molar-refractivity contribution >= 4 is 11.6 Å². The van der Waals surface area contributed by atoms with Gasteiger partial charge in [-0.15, -0.1) is 0 Å². The van der Waals surface area contributed by atoms with Gasteiger partial charge in [0.15, 0.2) is 5.69 Å². The summed E-state index contributed by atoms with van der Waals surface area (Å²) in [6.07, 6.45) is 2.95. The van der Waals surface area contributed by atoms with Crippen molar-refractivity contribution in [1.82, 2.24) is 19.7 Å². The summed E-state index contributed by atoms with van der Waals surface area (Å²) in [6.45, 7) is 3.78. The van der Waals surface area contributed by atoms with Crippen molar-refractivity contribution in [3.05, 3.63) is 24.2 Å². The molecule has 8 nitrogen and oxygen atoms in total. The number of nitrogen functional groups attached to an aromatic ring is 1. The van der Waals surface area contributed by atoms with Crippen molar-refractivity contribution in [3.63, 3.8) is 0 Å². The van der Waals surface area contributed by atoms with E-state index in [2.05, 4.69) is 15.1 Å². The molecule has 19 heavy (non-hydrogen) atoms. The lowest BCUT2D eigenvalue weighted by Crippen LogP contribution is -2.14. The van der Waals surface area contributed by atoms with E-state index in [0.717, 1.165) is 0 Å². The minimum absolute atomic E-state index is 0.00776. The van der Waals surface area contributed by atoms with Crippen molar-refractivity contribution in [2.45, 2.75) is 20.0 Å². The molecule has 2 heterocycles.